The highest BCUT2D eigenvalue weighted by atomic mass is 16.6. The molecule has 0 aliphatic rings. The third kappa shape index (κ3) is 3.02. The highest BCUT2D eigenvalue weighted by Crippen LogP contribution is 2.35. The van der Waals surface area contributed by atoms with Gasteiger partial charge in [0, 0.05) is 18.9 Å². The molecule has 8 nitrogen and oxygen atoms in total. The quantitative estimate of drug-likeness (QED) is 0.365. The Morgan fingerprint density at radius 1 is 1.55 bits per heavy atom. The Morgan fingerprint density at radius 2 is 2.20 bits per heavy atom. The van der Waals surface area contributed by atoms with Crippen LogP contribution in [0.25, 0.3) is 6.08 Å². The number of carbonyl (C=O) groups is 1. The molecule has 0 heterocycles. The molecule has 0 bridgehead atoms. The van der Waals surface area contributed by atoms with Crippen LogP contribution in [0, 0.1) is 21.4 Å². The molecule has 0 fully saturated rings. The highest BCUT2D eigenvalue weighted by molar-refractivity contribution is 6.01. The van der Waals surface area contributed by atoms with Crippen LogP contribution in [0.1, 0.15) is 5.56 Å². The Hall–Kier alpha value is -3.08. The summed E-state index contributed by atoms with van der Waals surface area (Å²) in [7, 11) is 2.54. The molecule has 1 rings (SSSR count). The lowest BCUT2D eigenvalue weighted by Crippen LogP contribution is -2.19. The van der Waals surface area contributed by atoms with Crippen LogP contribution >= 0.6 is 0 Å². The molecular formula is C12H10N3O5-. The predicted molar refractivity (Wildman–Crippen MR) is 66.8 cm³/mol. The number of methoxy groups -OCH3 is 1. The average Bonchev–Trinajstić information content (AvgIpc) is 2.44. The first kappa shape index (κ1) is 15.0. The topological polar surface area (TPSA) is 128 Å². The molecular weight excluding hydrogens is 266 g/mol. The second-order valence-electron chi connectivity index (χ2n) is 3.58. The van der Waals surface area contributed by atoms with Crippen LogP contribution in [0.3, 0.4) is 0 Å². The fraction of sp³-hybridized carbons (Fsp3) is 0.167. The van der Waals surface area contributed by atoms with Gasteiger partial charge in [-0.1, -0.05) is 0 Å². The van der Waals surface area contributed by atoms with E-state index >= 15 is 0 Å². The lowest BCUT2D eigenvalue weighted by molar-refractivity contribution is -0.398. The summed E-state index contributed by atoms with van der Waals surface area (Å²) in [6.45, 7) is 0. The number of carbonyl (C=O) groups excluding carboxylic acids is 1. The van der Waals surface area contributed by atoms with Crippen molar-refractivity contribution in [3.8, 4) is 17.6 Å². The van der Waals surface area contributed by atoms with E-state index in [9.17, 15) is 20.0 Å². The van der Waals surface area contributed by atoms with Gasteiger partial charge < -0.3 is 15.2 Å². The number of nitrogens with one attached hydrogen (secondary N) is 1. The standard InChI is InChI=1S/C12H11N3O5/c1-14-12(17)8(6-13)3-7-4-9(15(18)19)11(16)10(5-7)20-2/h3-5,16H,1-2H3,(H,14,17)/p-1/b8-3+. The number of nitro benzene ring substituents is 1. The molecule has 8 heteroatoms. The molecule has 104 valence electrons. The molecule has 1 amide bonds. The molecule has 0 aliphatic heterocycles. The Bertz CT molecular complexity index is 631. The van der Waals surface area contributed by atoms with Gasteiger partial charge in [0.2, 0.25) is 0 Å². The SMILES string of the molecule is CNC(=O)/C(C#N)=C/c1cc(OC)c([O-])c([N+](=O)[O-])c1. The van der Waals surface area contributed by atoms with Gasteiger partial charge in [-0.15, -0.1) is 0 Å². The van der Waals surface area contributed by atoms with Crippen molar-refractivity contribution in [2.45, 2.75) is 0 Å². The Morgan fingerprint density at radius 3 is 2.65 bits per heavy atom. The van der Waals surface area contributed by atoms with Gasteiger partial charge in [-0.3, -0.25) is 14.9 Å². The first-order chi connectivity index (χ1) is 9.44. The van der Waals surface area contributed by atoms with Gasteiger partial charge in [-0.05, 0) is 17.7 Å². The van der Waals surface area contributed by atoms with Gasteiger partial charge >= 0.3 is 0 Å². The summed E-state index contributed by atoms with van der Waals surface area (Å²) in [5, 5.41) is 33.5. The van der Waals surface area contributed by atoms with Gasteiger partial charge in [0.15, 0.2) is 0 Å². The number of nitro groups is 1. The fourth-order valence-electron chi connectivity index (χ4n) is 1.43. The van der Waals surface area contributed by atoms with Crippen LogP contribution in [-0.4, -0.2) is 25.0 Å². The van der Waals surface area contributed by atoms with Crippen LogP contribution in [0.2, 0.25) is 0 Å². The van der Waals surface area contributed by atoms with Crippen LogP contribution < -0.4 is 15.2 Å². The number of hydrogen-bond acceptors (Lipinski definition) is 6. The Labute approximate surface area is 114 Å². The normalized spacial score (nSPS) is 10.6. The van der Waals surface area contributed by atoms with Crippen molar-refractivity contribution in [2.24, 2.45) is 0 Å². The number of rotatable bonds is 4. The number of hydrogen-bond donors (Lipinski definition) is 1. The summed E-state index contributed by atoms with van der Waals surface area (Å²) in [5.41, 5.74) is -0.791. The average molecular weight is 276 g/mol. The monoisotopic (exact) mass is 276 g/mol. The second kappa shape index (κ2) is 6.19. The zero-order valence-electron chi connectivity index (χ0n) is 10.7. The van der Waals surface area contributed by atoms with Crippen molar-refractivity contribution in [3.63, 3.8) is 0 Å². The molecule has 20 heavy (non-hydrogen) atoms. The predicted octanol–water partition coefficient (Wildman–Crippen LogP) is 0.330. The van der Waals surface area contributed by atoms with Crippen LogP contribution in [0.5, 0.6) is 11.5 Å². The summed E-state index contributed by atoms with van der Waals surface area (Å²) in [6.07, 6.45) is 1.13. The third-order valence-electron chi connectivity index (χ3n) is 2.38. The number of ether oxygens (including phenoxy) is 1. The molecule has 0 spiro atoms. The van der Waals surface area contributed by atoms with Gasteiger partial charge in [0.1, 0.15) is 17.4 Å². The largest absolute Gasteiger partial charge is 0.865 e. The maximum atomic E-state index is 11.6. The molecule has 1 aromatic carbocycles. The number of amides is 1. The van der Waals surface area contributed by atoms with Crippen molar-refractivity contribution >= 4 is 17.7 Å². The Balaban J connectivity index is 3.43. The van der Waals surface area contributed by atoms with Gasteiger partial charge in [0.25, 0.3) is 11.6 Å². The molecule has 1 N–H and O–H groups in total. The van der Waals surface area contributed by atoms with Gasteiger partial charge in [-0.25, -0.2) is 0 Å². The minimum atomic E-state index is -0.867. The minimum Gasteiger partial charge on any atom is -0.865 e. The Kier molecular flexibility index (Phi) is 4.64. The van der Waals surface area contributed by atoms with E-state index in [1.165, 1.54) is 20.2 Å². The zero-order chi connectivity index (χ0) is 15.3. The number of nitrogens with zero attached hydrogens (tertiary/aromatic N) is 2. The summed E-state index contributed by atoms with van der Waals surface area (Å²) >= 11 is 0. The van der Waals surface area contributed by atoms with Crippen molar-refractivity contribution in [1.82, 2.24) is 5.32 Å². The van der Waals surface area contributed by atoms with E-state index in [0.29, 0.717) is 0 Å². The lowest BCUT2D eigenvalue weighted by Gasteiger charge is -2.13. The van der Waals surface area contributed by atoms with Crippen molar-refractivity contribution in [1.29, 1.82) is 5.26 Å². The third-order valence-corrected chi connectivity index (χ3v) is 2.38. The van der Waals surface area contributed by atoms with E-state index in [2.05, 4.69) is 5.32 Å². The van der Waals surface area contributed by atoms with E-state index in [4.69, 9.17) is 10.00 Å². The van der Waals surface area contributed by atoms with E-state index in [-0.39, 0.29) is 16.9 Å². The molecule has 0 saturated heterocycles. The molecule has 0 saturated carbocycles. The van der Waals surface area contributed by atoms with Crippen molar-refractivity contribution in [2.75, 3.05) is 14.2 Å². The van der Waals surface area contributed by atoms with Crippen LogP contribution in [-0.2, 0) is 4.79 Å². The summed E-state index contributed by atoms with van der Waals surface area (Å²) in [5.74, 6) is -1.74. The molecule has 1 aromatic rings. The van der Waals surface area contributed by atoms with E-state index in [1.54, 1.807) is 6.07 Å². The van der Waals surface area contributed by atoms with Crippen molar-refractivity contribution in [3.05, 3.63) is 33.4 Å². The van der Waals surface area contributed by atoms with Crippen LogP contribution in [0.15, 0.2) is 17.7 Å². The highest BCUT2D eigenvalue weighted by Gasteiger charge is 2.14. The van der Waals surface area contributed by atoms with E-state index in [1.807, 2.05) is 0 Å². The minimum absolute atomic E-state index is 0.147. The van der Waals surface area contributed by atoms with Crippen LogP contribution in [0.4, 0.5) is 5.69 Å². The summed E-state index contributed by atoms with van der Waals surface area (Å²) < 4.78 is 4.75. The summed E-state index contributed by atoms with van der Waals surface area (Å²) in [4.78, 5) is 21.3. The first-order valence-electron chi connectivity index (χ1n) is 5.32. The molecule has 0 radical (unpaired) electrons. The van der Waals surface area contributed by atoms with Crippen molar-refractivity contribution < 1.29 is 19.6 Å². The number of benzene rings is 1. The van der Waals surface area contributed by atoms with E-state index in [0.717, 1.165) is 12.1 Å². The molecule has 0 unspecified atom stereocenters. The zero-order valence-corrected chi connectivity index (χ0v) is 10.7. The van der Waals surface area contributed by atoms with Gasteiger partial charge in [-0.2, -0.15) is 5.26 Å². The number of likely N-dealkylation sites (N-methyl/N-ethyl adjacent to an activating group) is 1. The maximum Gasteiger partial charge on any atom is 0.266 e. The first-order valence-corrected chi connectivity index (χ1v) is 5.32. The lowest BCUT2D eigenvalue weighted by atomic mass is 10.1. The summed E-state index contributed by atoms with van der Waals surface area (Å²) in [6, 6.07) is 3.86. The number of nitriles is 1. The second-order valence-corrected chi connectivity index (χ2v) is 3.58. The maximum absolute atomic E-state index is 11.6. The molecule has 0 aliphatic carbocycles. The van der Waals surface area contributed by atoms with Gasteiger partial charge in [0.05, 0.1) is 12.0 Å². The molecule has 0 atom stereocenters. The smallest absolute Gasteiger partial charge is 0.266 e. The van der Waals surface area contributed by atoms with E-state index < -0.39 is 22.3 Å². The molecule has 0 aromatic heterocycles. The fourth-order valence-corrected chi connectivity index (χ4v) is 1.43.